The smallest absolute Gasteiger partial charge is 0.224 e. The third kappa shape index (κ3) is 2.24. The lowest BCUT2D eigenvalue weighted by Gasteiger charge is -2.19. The summed E-state index contributed by atoms with van der Waals surface area (Å²) in [6.07, 6.45) is 7.19. The number of aromatic nitrogens is 3. The molecule has 4 nitrogen and oxygen atoms in total. The van der Waals surface area contributed by atoms with Crippen molar-refractivity contribution < 1.29 is 0 Å². The number of fused-ring (bicyclic) bond motifs is 1. The highest BCUT2D eigenvalue weighted by molar-refractivity contribution is 7.16. The van der Waals surface area contributed by atoms with E-state index in [9.17, 15) is 0 Å². The zero-order valence-corrected chi connectivity index (χ0v) is 10.7. The van der Waals surface area contributed by atoms with E-state index in [-0.39, 0.29) is 0 Å². The second-order valence-electron chi connectivity index (χ2n) is 4.71. The third-order valence-corrected chi connectivity index (χ3v) is 4.29. The van der Waals surface area contributed by atoms with Crippen LogP contribution in [0.15, 0.2) is 11.7 Å². The van der Waals surface area contributed by atoms with E-state index in [4.69, 9.17) is 0 Å². The molecule has 0 radical (unpaired) electrons. The van der Waals surface area contributed by atoms with Crippen molar-refractivity contribution in [2.24, 2.45) is 5.92 Å². The molecule has 1 fully saturated rings. The molecule has 0 spiro atoms. The summed E-state index contributed by atoms with van der Waals surface area (Å²) in [5, 5.41) is 3.42. The van der Waals surface area contributed by atoms with E-state index in [0.29, 0.717) is 6.04 Å². The van der Waals surface area contributed by atoms with Crippen molar-refractivity contribution >= 4 is 27.6 Å². The van der Waals surface area contributed by atoms with E-state index < -0.39 is 0 Å². The van der Waals surface area contributed by atoms with Crippen LogP contribution in [0.4, 0.5) is 5.95 Å². The van der Waals surface area contributed by atoms with Crippen LogP contribution in [-0.4, -0.2) is 21.0 Å². The van der Waals surface area contributed by atoms with Gasteiger partial charge in [0.2, 0.25) is 5.95 Å². The van der Waals surface area contributed by atoms with E-state index in [0.717, 1.165) is 22.2 Å². The Labute approximate surface area is 105 Å². The monoisotopic (exact) mass is 248 g/mol. The topological polar surface area (TPSA) is 50.7 Å². The first kappa shape index (κ1) is 10.9. The Morgan fingerprint density at radius 2 is 2.18 bits per heavy atom. The molecule has 1 aliphatic rings. The number of hydrogen-bond acceptors (Lipinski definition) is 5. The zero-order valence-electron chi connectivity index (χ0n) is 9.89. The van der Waals surface area contributed by atoms with Gasteiger partial charge in [-0.2, -0.15) is 0 Å². The Bertz CT molecular complexity index is 504. The molecular formula is C12H16N4S. The molecule has 3 rings (SSSR count). The number of hydrogen-bond donors (Lipinski definition) is 1. The minimum Gasteiger partial charge on any atom is -0.351 e. The van der Waals surface area contributed by atoms with Crippen molar-refractivity contribution in [1.82, 2.24) is 15.0 Å². The normalized spacial score (nSPS) is 18.6. The van der Waals surface area contributed by atoms with Gasteiger partial charge in [-0.1, -0.05) is 12.8 Å². The summed E-state index contributed by atoms with van der Waals surface area (Å²) in [6, 6.07) is 0.461. The van der Waals surface area contributed by atoms with Gasteiger partial charge >= 0.3 is 0 Å². The minimum absolute atomic E-state index is 0.461. The summed E-state index contributed by atoms with van der Waals surface area (Å²) < 4.78 is 0. The van der Waals surface area contributed by atoms with Crippen LogP contribution in [0.5, 0.6) is 0 Å². The van der Waals surface area contributed by atoms with Crippen LogP contribution in [0.2, 0.25) is 0 Å². The summed E-state index contributed by atoms with van der Waals surface area (Å²) in [5.41, 5.74) is 2.69. The van der Waals surface area contributed by atoms with Crippen molar-refractivity contribution in [2.75, 3.05) is 5.32 Å². The van der Waals surface area contributed by atoms with Crippen molar-refractivity contribution in [3.8, 4) is 0 Å². The summed E-state index contributed by atoms with van der Waals surface area (Å²) in [6.45, 7) is 2.23. The van der Waals surface area contributed by atoms with Gasteiger partial charge in [-0.25, -0.2) is 15.0 Å². The highest BCUT2D eigenvalue weighted by Gasteiger charge is 2.21. The van der Waals surface area contributed by atoms with Gasteiger partial charge in [-0.15, -0.1) is 11.3 Å². The molecule has 2 aromatic heterocycles. The first-order valence-electron chi connectivity index (χ1n) is 6.16. The molecule has 0 unspecified atom stereocenters. The molecule has 0 aliphatic heterocycles. The molecule has 90 valence electrons. The molecule has 2 heterocycles. The average Bonchev–Trinajstić information content (AvgIpc) is 2.99. The van der Waals surface area contributed by atoms with Crippen molar-refractivity contribution in [1.29, 1.82) is 0 Å². The molecule has 2 aromatic rings. The molecule has 1 N–H and O–H groups in total. The highest BCUT2D eigenvalue weighted by Crippen LogP contribution is 2.28. The first-order chi connectivity index (χ1) is 8.33. The van der Waals surface area contributed by atoms with Gasteiger partial charge in [0, 0.05) is 6.04 Å². The summed E-state index contributed by atoms with van der Waals surface area (Å²) in [4.78, 5) is 13.9. The third-order valence-electron chi connectivity index (χ3n) is 3.56. The van der Waals surface area contributed by atoms with Gasteiger partial charge in [0.1, 0.15) is 10.3 Å². The van der Waals surface area contributed by atoms with Gasteiger partial charge in [-0.3, -0.25) is 0 Å². The number of anilines is 1. The maximum atomic E-state index is 4.48. The van der Waals surface area contributed by atoms with E-state index >= 15 is 0 Å². The van der Waals surface area contributed by atoms with Crippen molar-refractivity contribution in [3.63, 3.8) is 0 Å². The fourth-order valence-electron chi connectivity index (χ4n) is 2.52. The van der Waals surface area contributed by atoms with E-state index in [1.165, 1.54) is 25.7 Å². The van der Waals surface area contributed by atoms with Crippen LogP contribution in [0, 0.1) is 5.92 Å². The average molecular weight is 248 g/mol. The van der Waals surface area contributed by atoms with Gasteiger partial charge in [0.15, 0.2) is 0 Å². The molecular weight excluding hydrogens is 232 g/mol. The van der Waals surface area contributed by atoms with Crippen LogP contribution in [-0.2, 0) is 0 Å². The lowest BCUT2D eigenvalue weighted by molar-refractivity contribution is 0.480. The van der Waals surface area contributed by atoms with E-state index in [1.54, 1.807) is 17.5 Å². The standard InChI is InChI=1S/C12H16N4S/c1-8(9-4-2-3-5-9)15-12-13-6-10-11(16-12)17-7-14-10/h6-9H,2-5H2,1H3,(H,13,15,16)/t8-/m0/s1. The molecule has 5 heteroatoms. The largest absolute Gasteiger partial charge is 0.351 e. The van der Waals surface area contributed by atoms with Crippen LogP contribution in [0.3, 0.4) is 0 Å². The lowest BCUT2D eigenvalue weighted by atomic mass is 10.0. The molecule has 17 heavy (non-hydrogen) atoms. The number of thiazole rings is 1. The van der Waals surface area contributed by atoms with E-state index in [1.807, 2.05) is 5.51 Å². The van der Waals surface area contributed by atoms with Crippen LogP contribution >= 0.6 is 11.3 Å². The van der Waals surface area contributed by atoms with Crippen LogP contribution < -0.4 is 5.32 Å². The second kappa shape index (κ2) is 4.56. The number of nitrogens with one attached hydrogen (secondary N) is 1. The molecule has 1 saturated carbocycles. The number of nitrogens with zero attached hydrogens (tertiary/aromatic N) is 3. The van der Waals surface area contributed by atoms with Crippen LogP contribution in [0.1, 0.15) is 32.6 Å². The fourth-order valence-corrected chi connectivity index (χ4v) is 3.15. The van der Waals surface area contributed by atoms with E-state index in [2.05, 4.69) is 27.2 Å². The Hall–Kier alpha value is -1.23. The van der Waals surface area contributed by atoms with Crippen molar-refractivity contribution in [3.05, 3.63) is 11.7 Å². The molecule has 1 aliphatic carbocycles. The lowest BCUT2D eigenvalue weighted by Crippen LogP contribution is -2.24. The Balaban J connectivity index is 1.74. The number of rotatable bonds is 3. The second-order valence-corrected chi connectivity index (χ2v) is 5.55. The summed E-state index contributed by atoms with van der Waals surface area (Å²) in [7, 11) is 0. The molecule has 0 bridgehead atoms. The van der Waals surface area contributed by atoms with Gasteiger partial charge in [0.25, 0.3) is 0 Å². The Morgan fingerprint density at radius 3 is 3.00 bits per heavy atom. The minimum atomic E-state index is 0.461. The summed E-state index contributed by atoms with van der Waals surface area (Å²) in [5.74, 6) is 1.51. The predicted octanol–water partition coefficient (Wildman–Crippen LogP) is 3.08. The maximum absolute atomic E-state index is 4.48. The molecule has 1 atom stereocenters. The fraction of sp³-hybridized carbons (Fsp3) is 0.583. The van der Waals surface area contributed by atoms with Crippen LogP contribution in [0.25, 0.3) is 10.3 Å². The highest BCUT2D eigenvalue weighted by atomic mass is 32.1. The Morgan fingerprint density at radius 1 is 1.35 bits per heavy atom. The molecule has 0 aromatic carbocycles. The first-order valence-corrected chi connectivity index (χ1v) is 7.03. The zero-order chi connectivity index (χ0) is 11.7. The predicted molar refractivity (Wildman–Crippen MR) is 70.3 cm³/mol. The SMILES string of the molecule is C[C@H](Nc1ncc2ncsc2n1)C1CCCC1. The quantitative estimate of drug-likeness (QED) is 0.907. The van der Waals surface area contributed by atoms with Gasteiger partial charge < -0.3 is 5.32 Å². The van der Waals surface area contributed by atoms with Crippen molar-refractivity contribution in [2.45, 2.75) is 38.6 Å². The summed E-state index contributed by atoms with van der Waals surface area (Å²) >= 11 is 1.56. The maximum Gasteiger partial charge on any atom is 0.224 e. The molecule has 0 amide bonds. The van der Waals surface area contributed by atoms with Gasteiger partial charge in [-0.05, 0) is 25.7 Å². The Kier molecular flexibility index (Phi) is 2.93. The van der Waals surface area contributed by atoms with Gasteiger partial charge in [0.05, 0.1) is 11.7 Å². The molecule has 0 saturated heterocycles.